The topological polar surface area (TPSA) is 41.1 Å². The quantitative estimate of drug-likeness (QED) is 0.835. The molecule has 0 aliphatic heterocycles. The summed E-state index contributed by atoms with van der Waals surface area (Å²) >= 11 is 0. The van der Waals surface area contributed by atoms with E-state index in [1.54, 1.807) is 13.8 Å². The summed E-state index contributed by atoms with van der Waals surface area (Å²) in [6, 6.07) is -0.299. The highest BCUT2D eigenvalue weighted by Crippen LogP contribution is 2.29. The molecule has 4 nitrogen and oxygen atoms in total. The molecule has 0 amide bonds. The van der Waals surface area contributed by atoms with Gasteiger partial charge in [-0.3, -0.25) is 0 Å². The minimum absolute atomic E-state index is 0.299. The number of nitrogens with one attached hydrogen (secondary N) is 1. The molecule has 21 heavy (non-hydrogen) atoms. The Balaban J connectivity index is 3.26. The zero-order valence-corrected chi connectivity index (χ0v) is 13.0. The zero-order chi connectivity index (χ0) is 16.0. The number of anilines is 2. The highest BCUT2D eigenvalue weighted by atomic mass is 19.4. The maximum absolute atomic E-state index is 12.8. The summed E-state index contributed by atoms with van der Waals surface area (Å²) in [4.78, 5) is 9.56. The Kier molecular flexibility index (Phi) is 6.23. The molecule has 1 rings (SSSR count). The van der Waals surface area contributed by atoms with Gasteiger partial charge >= 0.3 is 6.18 Å². The van der Waals surface area contributed by atoms with Gasteiger partial charge in [-0.15, -0.1) is 0 Å². The molecule has 1 N–H and O–H groups in total. The van der Waals surface area contributed by atoms with Gasteiger partial charge in [-0.05, 0) is 27.2 Å². The minimum Gasteiger partial charge on any atom is -0.370 e. The summed E-state index contributed by atoms with van der Waals surface area (Å²) in [6.07, 6.45) is -1.49. The standard InChI is InChI=1S/C14H23F3N4/c1-5-7-11-12(18-6-2)19-9-20-13(11)21(10(3)4)8-14(15,16)17/h9-10H,5-8H2,1-4H3,(H,18,19,20). The molecule has 1 heterocycles. The van der Waals surface area contributed by atoms with Gasteiger partial charge in [0.25, 0.3) is 0 Å². The number of aromatic nitrogens is 2. The number of hydrogen-bond donors (Lipinski definition) is 1. The molecule has 1 aromatic rings. The second-order valence-electron chi connectivity index (χ2n) is 5.14. The SMILES string of the molecule is CCCc1c(NCC)ncnc1N(CC(F)(F)F)C(C)C. The summed E-state index contributed by atoms with van der Waals surface area (Å²) in [5, 5.41) is 3.10. The molecule has 0 aliphatic rings. The van der Waals surface area contributed by atoms with Crippen LogP contribution in [-0.4, -0.2) is 35.3 Å². The maximum Gasteiger partial charge on any atom is 0.405 e. The lowest BCUT2D eigenvalue weighted by atomic mass is 10.1. The van der Waals surface area contributed by atoms with Gasteiger partial charge in [0.1, 0.15) is 24.5 Å². The molecule has 0 fully saturated rings. The van der Waals surface area contributed by atoms with Crippen molar-refractivity contribution in [1.29, 1.82) is 0 Å². The molecule has 0 aromatic carbocycles. The van der Waals surface area contributed by atoms with E-state index >= 15 is 0 Å². The van der Waals surface area contributed by atoms with Gasteiger partial charge in [0.05, 0.1) is 0 Å². The number of hydrogen-bond acceptors (Lipinski definition) is 4. The lowest BCUT2D eigenvalue weighted by Crippen LogP contribution is -2.40. The maximum atomic E-state index is 12.8. The van der Waals surface area contributed by atoms with Crippen molar-refractivity contribution < 1.29 is 13.2 Å². The molecule has 0 saturated carbocycles. The normalized spacial score (nSPS) is 11.8. The number of rotatable bonds is 7. The second-order valence-corrected chi connectivity index (χ2v) is 5.14. The van der Waals surface area contributed by atoms with Crippen LogP contribution in [0.4, 0.5) is 24.8 Å². The van der Waals surface area contributed by atoms with E-state index in [1.165, 1.54) is 11.2 Å². The lowest BCUT2D eigenvalue weighted by Gasteiger charge is -2.31. The Labute approximate surface area is 123 Å². The minimum atomic E-state index is -4.27. The fraction of sp³-hybridized carbons (Fsp3) is 0.714. The zero-order valence-electron chi connectivity index (χ0n) is 13.0. The molecule has 0 radical (unpaired) electrons. The average molecular weight is 304 g/mol. The van der Waals surface area contributed by atoms with E-state index in [1.807, 2.05) is 13.8 Å². The van der Waals surface area contributed by atoms with Crippen LogP contribution in [0.5, 0.6) is 0 Å². The van der Waals surface area contributed by atoms with Crippen LogP contribution < -0.4 is 10.2 Å². The number of alkyl halides is 3. The molecule has 0 atom stereocenters. The Morgan fingerprint density at radius 3 is 2.38 bits per heavy atom. The Morgan fingerprint density at radius 2 is 1.90 bits per heavy atom. The van der Waals surface area contributed by atoms with Crippen LogP contribution in [0.3, 0.4) is 0 Å². The van der Waals surface area contributed by atoms with Gasteiger partial charge in [-0.25, -0.2) is 9.97 Å². The van der Waals surface area contributed by atoms with Crippen molar-refractivity contribution in [3.63, 3.8) is 0 Å². The van der Waals surface area contributed by atoms with Gasteiger partial charge in [0, 0.05) is 18.2 Å². The predicted octanol–water partition coefficient (Wildman–Crippen LogP) is 3.64. The van der Waals surface area contributed by atoms with E-state index in [0.717, 1.165) is 12.0 Å². The summed E-state index contributed by atoms with van der Waals surface area (Å²) in [5.41, 5.74) is 0.750. The molecule has 0 aliphatic carbocycles. The fourth-order valence-corrected chi connectivity index (χ4v) is 2.15. The number of nitrogens with zero attached hydrogens (tertiary/aromatic N) is 3. The van der Waals surface area contributed by atoms with Crippen LogP contribution in [0.15, 0.2) is 6.33 Å². The summed E-state index contributed by atoms with van der Waals surface area (Å²) in [7, 11) is 0. The van der Waals surface area contributed by atoms with Gasteiger partial charge in [0.15, 0.2) is 0 Å². The fourth-order valence-electron chi connectivity index (χ4n) is 2.15. The second kappa shape index (κ2) is 7.47. The Bertz CT molecular complexity index is 446. The third-order valence-corrected chi connectivity index (χ3v) is 3.01. The molecular formula is C14H23F3N4. The predicted molar refractivity (Wildman–Crippen MR) is 78.7 cm³/mol. The highest BCUT2D eigenvalue weighted by molar-refractivity contribution is 5.59. The Hall–Kier alpha value is -1.53. The van der Waals surface area contributed by atoms with E-state index in [9.17, 15) is 13.2 Å². The summed E-state index contributed by atoms with van der Waals surface area (Å²) < 4.78 is 38.5. The van der Waals surface area contributed by atoms with Crippen LogP contribution in [0, 0.1) is 0 Å². The molecule has 120 valence electrons. The molecule has 7 heteroatoms. The van der Waals surface area contributed by atoms with Gasteiger partial charge in [-0.2, -0.15) is 13.2 Å². The Morgan fingerprint density at radius 1 is 1.24 bits per heavy atom. The first kappa shape index (κ1) is 17.5. The molecule has 1 aromatic heterocycles. The van der Waals surface area contributed by atoms with Crippen LogP contribution in [0.2, 0.25) is 0 Å². The largest absolute Gasteiger partial charge is 0.405 e. The van der Waals surface area contributed by atoms with Crippen molar-refractivity contribution in [2.75, 3.05) is 23.3 Å². The van der Waals surface area contributed by atoms with Crippen molar-refractivity contribution in [1.82, 2.24) is 9.97 Å². The number of halogens is 3. The van der Waals surface area contributed by atoms with Crippen molar-refractivity contribution >= 4 is 11.6 Å². The smallest absolute Gasteiger partial charge is 0.370 e. The van der Waals surface area contributed by atoms with Crippen LogP contribution >= 0.6 is 0 Å². The molecule has 0 bridgehead atoms. The van der Waals surface area contributed by atoms with Crippen molar-refractivity contribution in [3.05, 3.63) is 11.9 Å². The summed E-state index contributed by atoms with van der Waals surface area (Å²) in [6.45, 7) is 7.02. The third kappa shape index (κ3) is 5.06. The van der Waals surface area contributed by atoms with Crippen LogP contribution in [-0.2, 0) is 6.42 Å². The van der Waals surface area contributed by atoms with Gasteiger partial charge < -0.3 is 10.2 Å². The van der Waals surface area contributed by atoms with Gasteiger partial charge in [0.2, 0.25) is 0 Å². The van der Waals surface area contributed by atoms with Crippen molar-refractivity contribution in [2.45, 2.75) is 52.8 Å². The third-order valence-electron chi connectivity index (χ3n) is 3.01. The van der Waals surface area contributed by atoms with E-state index in [0.29, 0.717) is 24.6 Å². The molecule has 0 saturated heterocycles. The van der Waals surface area contributed by atoms with E-state index < -0.39 is 12.7 Å². The van der Waals surface area contributed by atoms with E-state index in [2.05, 4.69) is 15.3 Å². The molecular weight excluding hydrogens is 281 g/mol. The van der Waals surface area contributed by atoms with Crippen molar-refractivity contribution in [3.8, 4) is 0 Å². The molecule has 0 spiro atoms. The lowest BCUT2D eigenvalue weighted by molar-refractivity contribution is -0.120. The molecule has 0 unspecified atom stereocenters. The van der Waals surface area contributed by atoms with E-state index in [4.69, 9.17) is 0 Å². The first-order chi connectivity index (χ1) is 9.80. The highest BCUT2D eigenvalue weighted by Gasteiger charge is 2.33. The van der Waals surface area contributed by atoms with Gasteiger partial charge in [-0.1, -0.05) is 13.3 Å². The monoisotopic (exact) mass is 304 g/mol. The van der Waals surface area contributed by atoms with Crippen LogP contribution in [0.25, 0.3) is 0 Å². The van der Waals surface area contributed by atoms with Crippen LogP contribution in [0.1, 0.15) is 39.7 Å². The summed E-state index contributed by atoms with van der Waals surface area (Å²) in [5.74, 6) is 0.993. The van der Waals surface area contributed by atoms with Crippen molar-refractivity contribution in [2.24, 2.45) is 0 Å². The average Bonchev–Trinajstić information content (AvgIpc) is 2.37. The first-order valence-corrected chi connectivity index (χ1v) is 7.21. The van der Waals surface area contributed by atoms with E-state index in [-0.39, 0.29) is 6.04 Å². The first-order valence-electron chi connectivity index (χ1n) is 7.21.